The molecule has 0 radical (unpaired) electrons. The lowest BCUT2D eigenvalue weighted by Gasteiger charge is -2.09. The van der Waals surface area contributed by atoms with E-state index in [1.165, 1.54) is 5.56 Å². The molecule has 1 N–H and O–H groups in total. The number of anilines is 1. The van der Waals surface area contributed by atoms with Crippen LogP contribution in [0.1, 0.15) is 11.3 Å². The summed E-state index contributed by atoms with van der Waals surface area (Å²) in [5, 5.41) is 3.12. The Morgan fingerprint density at radius 1 is 1.32 bits per heavy atom. The largest absolute Gasteiger partial charge is 0.493 e. The molecule has 0 spiro atoms. The fourth-order valence-electron chi connectivity index (χ4n) is 2.18. The molecule has 0 saturated carbocycles. The van der Waals surface area contributed by atoms with Gasteiger partial charge in [-0.15, -0.1) is 0 Å². The Hall–Kier alpha value is -1.37. The first-order valence-electron chi connectivity index (χ1n) is 6.17. The zero-order valence-corrected chi connectivity index (χ0v) is 13.0. The molecule has 1 aromatic carbocycles. The van der Waals surface area contributed by atoms with Crippen molar-refractivity contribution in [2.45, 2.75) is 13.3 Å². The number of aryl methyl sites for hydroxylation is 1. The normalized spacial score (nSPS) is 13.0. The second-order valence-corrected chi connectivity index (χ2v) is 5.54. The van der Waals surface area contributed by atoms with E-state index in [9.17, 15) is 0 Å². The van der Waals surface area contributed by atoms with E-state index in [2.05, 4.69) is 43.9 Å². The summed E-state index contributed by atoms with van der Waals surface area (Å²) in [4.78, 5) is 9.15. The quantitative estimate of drug-likeness (QED) is 0.829. The van der Waals surface area contributed by atoms with E-state index in [4.69, 9.17) is 4.74 Å². The number of benzene rings is 1. The van der Waals surface area contributed by atoms with Crippen molar-refractivity contribution in [1.82, 2.24) is 9.97 Å². The molecule has 0 fully saturated rings. The lowest BCUT2D eigenvalue weighted by molar-refractivity contribution is 0.357. The minimum Gasteiger partial charge on any atom is -0.493 e. The van der Waals surface area contributed by atoms with E-state index in [-0.39, 0.29) is 0 Å². The molecule has 19 heavy (non-hydrogen) atoms. The fourth-order valence-corrected chi connectivity index (χ4v) is 2.69. The van der Waals surface area contributed by atoms with Crippen LogP contribution >= 0.6 is 22.6 Å². The number of fused-ring (bicyclic) bond motifs is 1. The van der Waals surface area contributed by atoms with E-state index in [1.54, 1.807) is 0 Å². The number of hydrogen-bond donors (Lipinski definition) is 1. The van der Waals surface area contributed by atoms with Crippen molar-refractivity contribution in [2.75, 3.05) is 19.0 Å². The first kappa shape index (κ1) is 12.7. The molecule has 0 unspecified atom stereocenters. The highest BCUT2D eigenvalue weighted by Crippen LogP contribution is 2.30. The molecule has 2 heterocycles. The van der Waals surface area contributed by atoms with E-state index in [0.717, 1.165) is 45.2 Å². The summed E-state index contributed by atoms with van der Waals surface area (Å²) in [7, 11) is 1.88. The number of aromatic nitrogens is 2. The highest BCUT2D eigenvalue weighted by molar-refractivity contribution is 14.1. The second kappa shape index (κ2) is 4.96. The van der Waals surface area contributed by atoms with Crippen LogP contribution in [0, 0.1) is 10.5 Å². The van der Waals surface area contributed by atoms with Crippen molar-refractivity contribution in [3.63, 3.8) is 0 Å². The number of rotatable bonds is 2. The van der Waals surface area contributed by atoms with Gasteiger partial charge in [0, 0.05) is 19.0 Å². The Morgan fingerprint density at radius 2 is 2.16 bits per heavy atom. The Labute approximate surface area is 125 Å². The lowest BCUT2D eigenvalue weighted by atomic mass is 10.1. The number of hydrogen-bond acceptors (Lipinski definition) is 4. The molecule has 0 saturated heterocycles. The maximum absolute atomic E-state index is 5.52. The smallest absolute Gasteiger partial charge is 0.161 e. The van der Waals surface area contributed by atoms with Gasteiger partial charge in [0.15, 0.2) is 5.82 Å². The molecule has 98 valence electrons. The summed E-state index contributed by atoms with van der Waals surface area (Å²) in [6, 6.07) is 6.15. The molecule has 2 aromatic rings. The Morgan fingerprint density at radius 3 is 2.95 bits per heavy atom. The van der Waals surface area contributed by atoms with Gasteiger partial charge >= 0.3 is 0 Å². The van der Waals surface area contributed by atoms with Crippen LogP contribution in [-0.2, 0) is 6.42 Å². The summed E-state index contributed by atoms with van der Waals surface area (Å²) < 4.78 is 6.59. The van der Waals surface area contributed by atoms with Gasteiger partial charge in [-0.1, -0.05) is 0 Å². The van der Waals surface area contributed by atoms with Gasteiger partial charge in [-0.05, 0) is 53.3 Å². The van der Waals surface area contributed by atoms with Gasteiger partial charge in [0.1, 0.15) is 11.6 Å². The van der Waals surface area contributed by atoms with Crippen LogP contribution < -0.4 is 10.1 Å². The van der Waals surface area contributed by atoms with E-state index >= 15 is 0 Å². The predicted molar refractivity (Wildman–Crippen MR) is 83.7 cm³/mol. The van der Waals surface area contributed by atoms with E-state index in [0.29, 0.717) is 0 Å². The molecular formula is C14H14IN3O. The summed E-state index contributed by atoms with van der Waals surface area (Å²) in [6.07, 6.45) is 0.964. The average molecular weight is 367 g/mol. The average Bonchev–Trinajstić information content (AvgIpc) is 2.89. The minimum atomic E-state index is 0.761. The molecule has 0 aliphatic carbocycles. The van der Waals surface area contributed by atoms with Gasteiger partial charge in [-0.2, -0.15) is 0 Å². The predicted octanol–water partition coefficient (Wildman–Crippen LogP) is 3.03. The molecule has 1 aromatic heterocycles. The van der Waals surface area contributed by atoms with E-state index in [1.807, 2.05) is 26.1 Å². The minimum absolute atomic E-state index is 0.761. The van der Waals surface area contributed by atoms with Gasteiger partial charge in [0.05, 0.1) is 15.9 Å². The monoisotopic (exact) mass is 367 g/mol. The Bertz CT molecular complexity index is 643. The van der Waals surface area contributed by atoms with Crippen molar-refractivity contribution in [3.8, 4) is 17.1 Å². The van der Waals surface area contributed by atoms with E-state index < -0.39 is 0 Å². The summed E-state index contributed by atoms with van der Waals surface area (Å²) in [6.45, 7) is 2.78. The van der Waals surface area contributed by atoms with Crippen LogP contribution in [-0.4, -0.2) is 23.6 Å². The van der Waals surface area contributed by atoms with Gasteiger partial charge in [0.25, 0.3) is 0 Å². The number of nitrogens with zero attached hydrogens (tertiary/aromatic N) is 2. The first-order chi connectivity index (χ1) is 9.19. The van der Waals surface area contributed by atoms with Crippen molar-refractivity contribution in [2.24, 2.45) is 0 Å². The van der Waals surface area contributed by atoms with Crippen LogP contribution in [0.25, 0.3) is 11.4 Å². The van der Waals surface area contributed by atoms with Crippen molar-refractivity contribution >= 4 is 28.4 Å². The van der Waals surface area contributed by atoms with Crippen LogP contribution in [0.4, 0.5) is 5.82 Å². The number of nitrogens with one attached hydrogen (secondary N) is 1. The Kier molecular flexibility index (Phi) is 3.30. The van der Waals surface area contributed by atoms with Gasteiger partial charge in [-0.3, -0.25) is 0 Å². The zero-order chi connectivity index (χ0) is 13.4. The number of ether oxygens (including phenoxy) is 1. The topological polar surface area (TPSA) is 47.0 Å². The molecule has 1 aliphatic heterocycles. The molecule has 5 heteroatoms. The maximum Gasteiger partial charge on any atom is 0.161 e. The van der Waals surface area contributed by atoms with Crippen LogP contribution in [0.3, 0.4) is 0 Å². The third-order valence-electron chi connectivity index (χ3n) is 3.20. The highest BCUT2D eigenvalue weighted by Gasteiger charge is 2.15. The first-order valence-corrected chi connectivity index (χ1v) is 7.25. The standard InChI is InChI=1S/C14H14IN3O/c1-8-12(15)14(16-2)18-13(17-8)10-3-4-11-9(7-10)5-6-19-11/h3-4,7H,5-6H2,1-2H3,(H,16,17,18). The lowest BCUT2D eigenvalue weighted by Crippen LogP contribution is -2.02. The molecule has 0 atom stereocenters. The van der Waals surface area contributed by atoms with Gasteiger partial charge in [-0.25, -0.2) is 9.97 Å². The summed E-state index contributed by atoms with van der Waals surface area (Å²) in [5.74, 6) is 2.62. The summed E-state index contributed by atoms with van der Waals surface area (Å²) >= 11 is 2.26. The molecule has 1 aliphatic rings. The fraction of sp³-hybridized carbons (Fsp3) is 0.286. The van der Waals surface area contributed by atoms with Crippen molar-refractivity contribution in [3.05, 3.63) is 33.0 Å². The van der Waals surface area contributed by atoms with Crippen molar-refractivity contribution < 1.29 is 4.74 Å². The summed E-state index contributed by atoms with van der Waals surface area (Å²) in [5.41, 5.74) is 3.27. The number of halogens is 1. The SMILES string of the molecule is CNc1nc(-c2ccc3c(c2)CCO3)nc(C)c1I. The van der Waals surface area contributed by atoms with Crippen LogP contribution in [0.15, 0.2) is 18.2 Å². The third-order valence-corrected chi connectivity index (χ3v) is 4.49. The molecule has 3 rings (SSSR count). The van der Waals surface area contributed by atoms with Crippen molar-refractivity contribution in [1.29, 1.82) is 0 Å². The molecule has 0 bridgehead atoms. The Balaban J connectivity index is 2.09. The molecule has 0 amide bonds. The van der Waals surface area contributed by atoms with Crippen LogP contribution in [0.5, 0.6) is 5.75 Å². The third kappa shape index (κ3) is 2.27. The van der Waals surface area contributed by atoms with Gasteiger partial charge < -0.3 is 10.1 Å². The zero-order valence-electron chi connectivity index (χ0n) is 10.8. The molecular weight excluding hydrogens is 353 g/mol. The van der Waals surface area contributed by atoms with Crippen LogP contribution in [0.2, 0.25) is 0 Å². The second-order valence-electron chi connectivity index (χ2n) is 4.47. The van der Waals surface area contributed by atoms with Gasteiger partial charge in [0.2, 0.25) is 0 Å². The molecule has 4 nitrogen and oxygen atoms in total. The highest BCUT2D eigenvalue weighted by atomic mass is 127. The maximum atomic E-state index is 5.52.